The molecule has 4 nitrogen and oxygen atoms in total. The van der Waals surface area contributed by atoms with Crippen LogP contribution in [0.1, 0.15) is 44.2 Å². The molecule has 1 heterocycles. The summed E-state index contributed by atoms with van der Waals surface area (Å²) in [5, 5.41) is 0. The van der Waals surface area contributed by atoms with Crippen molar-refractivity contribution in [1.29, 1.82) is 0 Å². The SMILES string of the molecule is CCOC1(C(N)c2ccc3c(c2)OCCO3)CCCC1. The maximum atomic E-state index is 6.53. The number of fused-ring (bicyclic) bond motifs is 1. The summed E-state index contributed by atoms with van der Waals surface area (Å²) in [5.74, 6) is 1.61. The molecular formula is C16H23NO3. The van der Waals surface area contributed by atoms with Crippen LogP contribution in [0.3, 0.4) is 0 Å². The van der Waals surface area contributed by atoms with Crippen LogP contribution in [0.25, 0.3) is 0 Å². The van der Waals surface area contributed by atoms with Gasteiger partial charge in [0.1, 0.15) is 13.2 Å². The van der Waals surface area contributed by atoms with E-state index in [0.717, 1.165) is 29.9 Å². The second kappa shape index (κ2) is 5.62. The number of rotatable bonds is 4. The highest BCUT2D eigenvalue weighted by Gasteiger charge is 2.41. The third kappa shape index (κ3) is 2.38. The lowest BCUT2D eigenvalue weighted by Crippen LogP contribution is -2.41. The van der Waals surface area contributed by atoms with E-state index >= 15 is 0 Å². The summed E-state index contributed by atoms with van der Waals surface area (Å²) in [4.78, 5) is 0. The number of benzene rings is 1. The highest BCUT2D eigenvalue weighted by Crippen LogP contribution is 2.43. The van der Waals surface area contributed by atoms with Crippen molar-refractivity contribution in [3.63, 3.8) is 0 Å². The molecule has 0 bridgehead atoms. The Kier molecular flexibility index (Phi) is 3.85. The van der Waals surface area contributed by atoms with Gasteiger partial charge in [-0.05, 0) is 37.5 Å². The number of hydrogen-bond acceptors (Lipinski definition) is 4. The maximum absolute atomic E-state index is 6.53. The summed E-state index contributed by atoms with van der Waals surface area (Å²) >= 11 is 0. The lowest BCUT2D eigenvalue weighted by molar-refractivity contribution is -0.0537. The predicted octanol–water partition coefficient (Wildman–Crippen LogP) is 2.81. The zero-order valence-electron chi connectivity index (χ0n) is 12.1. The molecule has 0 saturated heterocycles. The molecule has 1 saturated carbocycles. The van der Waals surface area contributed by atoms with Crippen LogP contribution >= 0.6 is 0 Å². The largest absolute Gasteiger partial charge is 0.486 e. The minimum Gasteiger partial charge on any atom is -0.486 e. The van der Waals surface area contributed by atoms with E-state index in [1.165, 1.54) is 12.8 Å². The first-order valence-corrected chi connectivity index (χ1v) is 7.54. The molecule has 2 aliphatic rings. The third-order valence-corrected chi connectivity index (χ3v) is 4.37. The standard InChI is InChI=1S/C16H23NO3/c1-2-20-16(7-3-4-8-16)15(17)12-5-6-13-14(11-12)19-10-9-18-13/h5-6,11,15H,2-4,7-10,17H2,1H3. The molecule has 1 aliphatic heterocycles. The fourth-order valence-electron chi connectivity index (χ4n) is 3.36. The van der Waals surface area contributed by atoms with Crippen molar-refractivity contribution in [3.05, 3.63) is 23.8 Å². The van der Waals surface area contributed by atoms with Gasteiger partial charge >= 0.3 is 0 Å². The van der Waals surface area contributed by atoms with Gasteiger partial charge in [0, 0.05) is 6.61 Å². The molecule has 0 spiro atoms. The molecule has 1 aromatic carbocycles. The van der Waals surface area contributed by atoms with Gasteiger partial charge < -0.3 is 19.9 Å². The Morgan fingerprint density at radius 1 is 1.20 bits per heavy atom. The van der Waals surface area contributed by atoms with Crippen molar-refractivity contribution in [1.82, 2.24) is 0 Å². The fourth-order valence-corrected chi connectivity index (χ4v) is 3.36. The van der Waals surface area contributed by atoms with Gasteiger partial charge in [-0.2, -0.15) is 0 Å². The first-order valence-electron chi connectivity index (χ1n) is 7.54. The van der Waals surface area contributed by atoms with Gasteiger partial charge in [-0.15, -0.1) is 0 Å². The van der Waals surface area contributed by atoms with Crippen LogP contribution in [0.15, 0.2) is 18.2 Å². The van der Waals surface area contributed by atoms with Crippen LogP contribution in [-0.2, 0) is 4.74 Å². The highest BCUT2D eigenvalue weighted by atomic mass is 16.6. The minimum atomic E-state index is -0.210. The highest BCUT2D eigenvalue weighted by molar-refractivity contribution is 5.45. The number of nitrogens with two attached hydrogens (primary N) is 1. The van der Waals surface area contributed by atoms with Crippen molar-refractivity contribution >= 4 is 0 Å². The second-order valence-electron chi connectivity index (χ2n) is 5.59. The molecule has 1 unspecified atom stereocenters. The van der Waals surface area contributed by atoms with Gasteiger partial charge in [-0.1, -0.05) is 18.9 Å². The quantitative estimate of drug-likeness (QED) is 0.919. The molecular weight excluding hydrogens is 254 g/mol. The van der Waals surface area contributed by atoms with Gasteiger partial charge in [0.2, 0.25) is 0 Å². The molecule has 20 heavy (non-hydrogen) atoms. The molecule has 2 N–H and O–H groups in total. The van der Waals surface area contributed by atoms with Crippen molar-refractivity contribution in [2.45, 2.75) is 44.2 Å². The van der Waals surface area contributed by atoms with E-state index < -0.39 is 0 Å². The molecule has 1 aromatic rings. The van der Waals surface area contributed by atoms with Gasteiger partial charge in [0.05, 0.1) is 11.6 Å². The normalized spacial score (nSPS) is 21.7. The van der Waals surface area contributed by atoms with E-state index in [0.29, 0.717) is 19.8 Å². The minimum absolute atomic E-state index is 0.110. The topological polar surface area (TPSA) is 53.7 Å². The van der Waals surface area contributed by atoms with E-state index in [9.17, 15) is 0 Å². The maximum Gasteiger partial charge on any atom is 0.161 e. The number of hydrogen-bond donors (Lipinski definition) is 1. The predicted molar refractivity (Wildman–Crippen MR) is 77.2 cm³/mol. The van der Waals surface area contributed by atoms with Gasteiger partial charge in [0.25, 0.3) is 0 Å². The van der Waals surface area contributed by atoms with E-state index in [1.807, 2.05) is 25.1 Å². The third-order valence-electron chi connectivity index (χ3n) is 4.37. The van der Waals surface area contributed by atoms with Crippen molar-refractivity contribution in [2.75, 3.05) is 19.8 Å². The smallest absolute Gasteiger partial charge is 0.161 e. The van der Waals surface area contributed by atoms with E-state index in [-0.39, 0.29) is 11.6 Å². The van der Waals surface area contributed by atoms with Crippen LogP contribution in [-0.4, -0.2) is 25.4 Å². The van der Waals surface area contributed by atoms with Crippen molar-refractivity contribution in [2.24, 2.45) is 5.73 Å². The van der Waals surface area contributed by atoms with E-state index in [2.05, 4.69) is 0 Å². The van der Waals surface area contributed by atoms with Crippen LogP contribution in [0.4, 0.5) is 0 Å². The molecule has 1 aliphatic carbocycles. The molecule has 0 radical (unpaired) electrons. The molecule has 1 atom stereocenters. The molecule has 1 fully saturated rings. The lowest BCUT2D eigenvalue weighted by Gasteiger charge is -2.35. The Morgan fingerprint density at radius 2 is 1.90 bits per heavy atom. The second-order valence-corrected chi connectivity index (χ2v) is 5.59. The molecule has 3 rings (SSSR count). The van der Waals surface area contributed by atoms with Crippen LogP contribution in [0.5, 0.6) is 11.5 Å². The average molecular weight is 277 g/mol. The summed E-state index contributed by atoms with van der Waals surface area (Å²) in [6, 6.07) is 5.90. The zero-order valence-corrected chi connectivity index (χ0v) is 12.1. The summed E-state index contributed by atoms with van der Waals surface area (Å²) in [5.41, 5.74) is 7.40. The molecule has 0 amide bonds. The Bertz CT molecular complexity index is 469. The van der Waals surface area contributed by atoms with Gasteiger partial charge in [-0.3, -0.25) is 0 Å². The van der Waals surface area contributed by atoms with Gasteiger partial charge in [0.15, 0.2) is 11.5 Å². The van der Waals surface area contributed by atoms with Crippen LogP contribution in [0, 0.1) is 0 Å². The van der Waals surface area contributed by atoms with E-state index in [1.54, 1.807) is 0 Å². The molecule has 4 heteroatoms. The van der Waals surface area contributed by atoms with E-state index in [4.69, 9.17) is 19.9 Å². The fraction of sp³-hybridized carbons (Fsp3) is 0.625. The van der Waals surface area contributed by atoms with Crippen molar-refractivity contribution in [3.8, 4) is 11.5 Å². The summed E-state index contributed by atoms with van der Waals surface area (Å²) in [6.07, 6.45) is 4.46. The summed E-state index contributed by atoms with van der Waals surface area (Å²) in [6.45, 7) is 3.96. The number of ether oxygens (including phenoxy) is 3. The zero-order chi connectivity index (χ0) is 14.0. The first kappa shape index (κ1) is 13.7. The Hall–Kier alpha value is -1.26. The van der Waals surface area contributed by atoms with Crippen LogP contribution < -0.4 is 15.2 Å². The summed E-state index contributed by atoms with van der Waals surface area (Å²) in [7, 11) is 0. The van der Waals surface area contributed by atoms with Gasteiger partial charge in [-0.25, -0.2) is 0 Å². The Morgan fingerprint density at radius 3 is 2.60 bits per heavy atom. The molecule has 0 aromatic heterocycles. The van der Waals surface area contributed by atoms with Crippen LogP contribution in [0.2, 0.25) is 0 Å². The average Bonchev–Trinajstić information content (AvgIpc) is 2.96. The summed E-state index contributed by atoms with van der Waals surface area (Å²) < 4.78 is 17.3. The molecule has 110 valence electrons. The van der Waals surface area contributed by atoms with Crippen molar-refractivity contribution < 1.29 is 14.2 Å². The monoisotopic (exact) mass is 277 g/mol. The lowest BCUT2D eigenvalue weighted by atomic mass is 9.87. The Balaban J connectivity index is 1.87. The Labute approximate surface area is 120 Å². The first-order chi connectivity index (χ1) is 9.75.